The Bertz CT molecular complexity index is 3330. The van der Waals surface area contributed by atoms with Crippen molar-refractivity contribution >= 4 is 75.3 Å². The molecule has 0 aliphatic carbocycles. The molecule has 58 heavy (non-hydrogen) atoms. The van der Waals surface area contributed by atoms with E-state index in [2.05, 4.69) is 162 Å². The zero-order valence-corrected chi connectivity index (χ0v) is 36.9. The van der Waals surface area contributed by atoms with Gasteiger partial charge in [-0.05, 0) is 80.8 Å². The minimum Gasteiger partial charge on any atom is -0.509 e. The summed E-state index contributed by atoms with van der Waals surface area (Å²) in [6, 6.07) is 42.5. The first-order valence-electron chi connectivity index (χ1n) is 19.7. The van der Waals surface area contributed by atoms with E-state index in [4.69, 9.17) is 14.7 Å². The second-order valence-corrected chi connectivity index (χ2v) is 19.3. The summed E-state index contributed by atoms with van der Waals surface area (Å²) in [5, 5.41) is 7.13. The molecule has 288 valence electrons. The molecule has 0 fully saturated rings. The summed E-state index contributed by atoms with van der Waals surface area (Å²) in [6.07, 6.45) is 3.82. The van der Waals surface area contributed by atoms with E-state index in [1.807, 2.05) is 35.9 Å². The van der Waals surface area contributed by atoms with E-state index in [1.54, 1.807) is 0 Å². The number of hydrogen-bond donors (Lipinski definition) is 0. The third kappa shape index (κ3) is 5.30. The van der Waals surface area contributed by atoms with E-state index in [1.165, 1.54) is 58.7 Å². The van der Waals surface area contributed by atoms with E-state index in [0.717, 1.165) is 39.0 Å². The second-order valence-electron chi connectivity index (χ2n) is 18.2. The molecule has 0 amide bonds. The molecular weight excluding hydrogens is 912 g/mol. The van der Waals surface area contributed by atoms with Gasteiger partial charge in [0.2, 0.25) is 0 Å². The van der Waals surface area contributed by atoms with Crippen molar-refractivity contribution in [3.63, 3.8) is 0 Å². The van der Waals surface area contributed by atoms with E-state index < -0.39 is 0 Å². The third-order valence-electron chi connectivity index (χ3n) is 12.2. The van der Waals surface area contributed by atoms with Gasteiger partial charge in [-0.1, -0.05) is 96.9 Å². The number of ether oxygens (including phenoxy) is 1. The first kappa shape index (κ1) is 37.0. The average molecular weight is 954 g/mol. The smallest absolute Gasteiger partial charge is 0.509 e. The molecule has 0 atom stereocenters. The van der Waals surface area contributed by atoms with Gasteiger partial charge in [-0.2, -0.15) is 12.1 Å². The Morgan fingerprint density at radius 3 is 2.16 bits per heavy atom. The van der Waals surface area contributed by atoms with Crippen LogP contribution in [-0.4, -0.2) is 19.1 Å². The topological polar surface area (TPSA) is 44.9 Å². The average Bonchev–Trinajstić information content (AvgIpc) is 3.84. The third-order valence-corrected chi connectivity index (χ3v) is 13.3. The van der Waals surface area contributed by atoms with Crippen LogP contribution in [0.2, 0.25) is 0 Å². The molecule has 1 aliphatic heterocycles. The van der Waals surface area contributed by atoms with Crippen LogP contribution in [0.5, 0.6) is 11.5 Å². The maximum atomic E-state index is 6.79. The molecule has 10 aromatic rings. The summed E-state index contributed by atoms with van der Waals surface area (Å²) in [6.45, 7) is 18.3. The number of fused-ring (bicyclic) bond motifs is 12. The second kappa shape index (κ2) is 12.6. The SMILES string of the molecule is CC(C)(C)c1ccnc(-n2c3[c-]c(Oc4[c-]c5c(cc4)C(C)(C)c4cc(C(C)(C)C)cc6c7cccnc7n-5c46)ccc3c3ccc4sc5ccccc5c4c32)c1.[Pt+2]. The van der Waals surface area contributed by atoms with Gasteiger partial charge in [0.1, 0.15) is 11.5 Å². The van der Waals surface area contributed by atoms with Gasteiger partial charge in [0, 0.05) is 54.8 Å². The zero-order valence-electron chi connectivity index (χ0n) is 33.8. The van der Waals surface area contributed by atoms with E-state index in [9.17, 15) is 0 Å². The molecule has 7 heteroatoms. The van der Waals surface area contributed by atoms with Crippen LogP contribution in [0.15, 0.2) is 109 Å². The van der Waals surface area contributed by atoms with Crippen molar-refractivity contribution in [2.45, 2.75) is 71.6 Å². The van der Waals surface area contributed by atoms with Crippen LogP contribution in [0.3, 0.4) is 0 Å². The molecule has 6 heterocycles. The van der Waals surface area contributed by atoms with Crippen LogP contribution >= 0.6 is 11.3 Å². The first-order chi connectivity index (χ1) is 27.3. The fraction of sp³-hybridized carbons (Fsp3) is 0.216. The van der Waals surface area contributed by atoms with Crippen molar-refractivity contribution in [1.29, 1.82) is 0 Å². The molecule has 5 aromatic heterocycles. The van der Waals surface area contributed by atoms with Crippen LogP contribution in [0, 0.1) is 12.1 Å². The van der Waals surface area contributed by atoms with Crippen LogP contribution in [0.1, 0.15) is 77.6 Å². The molecule has 0 saturated carbocycles. The van der Waals surface area contributed by atoms with Crippen LogP contribution < -0.4 is 4.74 Å². The monoisotopic (exact) mass is 953 g/mol. The van der Waals surface area contributed by atoms with Gasteiger partial charge in [0.05, 0.1) is 11.0 Å². The fourth-order valence-corrected chi connectivity index (χ4v) is 10.2. The van der Waals surface area contributed by atoms with Crippen LogP contribution in [0.25, 0.3) is 75.4 Å². The maximum Gasteiger partial charge on any atom is 2.00 e. The minimum atomic E-state index is -0.272. The van der Waals surface area contributed by atoms with Crippen molar-refractivity contribution in [2.24, 2.45) is 0 Å². The van der Waals surface area contributed by atoms with Crippen molar-refractivity contribution in [1.82, 2.24) is 19.1 Å². The molecule has 0 radical (unpaired) electrons. The van der Waals surface area contributed by atoms with Crippen molar-refractivity contribution in [2.75, 3.05) is 0 Å². The van der Waals surface area contributed by atoms with Gasteiger partial charge < -0.3 is 13.9 Å². The van der Waals surface area contributed by atoms with Gasteiger partial charge in [0.25, 0.3) is 0 Å². The van der Waals surface area contributed by atoms with Gasteiger partial charge in [-0.25, -0.2) is 9.97 Å². The van der Waals surface area contributed by atoms with Gasteiger partial charge in [-0.3, -0.25) is 0 Å². The Labute approximate surface area is 356 Å². The molecule has 0 saturated heterocycles. The molecule has 0 unspecified atom stereocenters. The molecule has 0 N–H and O–H groups in total. The van der Waals surface area contributed by atoms with Gasteiger partial charge >= 0.3 is 21.1 Å². The Morgan fingerprint density at radius 2 is 1.34 bits per heavy atom. The summed E-state index contributed by atoms with van der Waals surface area (Å²) in [5.41, 5.74) is 9.88. The Hall–Kier alpha value is -5.29. The summed E-state index contributed by atoms with van der Waals surface area (Å²) >= 11 is 1.83. The van der Waals surface area contributed by atoms with E-state index in [0.29, 0.717) is 11.5 Å². The minimum absolute atomic E-state index is 0. The summed E-state index contributed by atoms with van der Waals surface area (Å²) in [4.78, 5) is 9.96. The number of rotatable bonds is 3. The Morgan fingerprint density at radius 1 is 0.603 bits per heavy atom. The molecule has 0 bridgehead atoms. The van der Waals surface area contributed by atoms with Gasteiger partial charge in [0.15, 0.2) is 0 Å². The summed E-state index contributed by atoms with van der Waals surface area (Å²) in [7, 11) is 0. The Kier molecular flexibility index (Phi) is 8.04. The Balaban J connectivity index is 0.00000408. The number of hydrogen-bond acceptors (Lipinski definition) is 4. The normalized spacial score (nSPS) is 13.9. The van der Waals surface area contributed by atoms with Crippen LogP contribution in [-0.2, 0) is 37.3 Å². The molecule has 1 aliphatic rings. The zero-order chi connectivity index (χ0) is 39.2. The molecular formula is C51H42N4OPtS. The molecule has 0 spiro atoms. The van der Waals surface area contributed by atoms with Crippen molar-refractivity contribution < 1.29 is 25.8 Å². The summed E-state index contributed by atoms with van der Waals surface area (Å²) < 4.78 is 13.9. The predicted molar refractivity (Wildman–Crippen MR) is 237 cm³/mol. The molecule has 5 nitrogen and oxygen atoms in total. The maximum absolute atomic E-state index is 6.79. The predicted octanol–water partition coefficient (Wildman–Crippen LogP) is 13.7. The fourth-order valence-electron chi connectivity index (χ4n) is 9.08. The van der Waals surface area contributed by atoms with Crippen LogP contribution in [0.4, 0.5) is 0 Å². The van der Waals surface area contributed by atoms with E-state index in [-0.39, 0.29) is 37.3 Å². The molecule has 11 rings (SSSR count). The number of thiophene rings is 1. The number of benzene rings is 5. The van der Waals surface area contributed by atoms with Gasteiger partial charge in [-0.15, -0.1) is 46.6 Å². The number of aromatic nitrogens is 4. The largest absolute Gasteiger partial charge is 2.00 e. The number of nitrogens with zero attached hydrogens (tertiary/aromatic N) is 4. The number of pyridine rings is 2. The van der Waals surface area contributed by atoms with Crippen molar-refractivity contribution in [3.8, 4) is 23.0 Å². The van der Waals surface area contributed by atoms with Crippen molar-refractivity contribution in [3.05, 3.63) is 144 Å². The quantitative estimate of drug-likeness (QED) is 0.166. The molecule has 5 aromatic carbocycles. The standard InChI is InChI=1S/C51H42N4OS.Pt/c1-49(2,3)29-21-23-52-44(26-29)54-40-27-31(15-17-33(40)34-18-20-43-45(47(34)54)36-12-9-10-14-42(36)57-43)56-32-16-19-38-41(28-32)55-46-37(35-13-11-22-53-48(35)55)24-30(50(4,5)6)25-39(46)51(38,7)8;/h9-26H,1-8H3;/q-2;+2. The summed E-state index contributed by atoms with van der Waals surface area (Å²) in [5.74, 6) is 2.11. The first-order valence-corrected chi connectivity index (χ1v) is 20.6. The van der Waals surface area contributed by atoms with E-state index >= 15 is 0 Å².